The number of carbonyl (C=O) groups excluding carboxylic acids is 1. The van der Waals surface area contributed by atoms with Crippen LogP contribution in [0.3, 0.4) is 0 Å². The van der Waals surface area contributed by atoms with E-state index in [1.54, 1.807) is 48.9 Å². The minimum absolute atomic E-state index is 0.0760. The lowest BCUT2D eigenvalue weighted by molar-refractivity contribution is 0.0924. The first-order valence-electron chi connectivity index (χ1n) is 11.3. The molecule has 9 heteroatoms. The molecule has 1 aliphatic heterocycles. The molecule has 1 fully saturated rings. The normalized spacial score (nSPS) is 15.4. The van der Waals surface area contributed by atoms with Gasteiger partial charge in [-0.15, -0.1) is 11.3 Å². The Labute approximate surface area is 204 Å². The third-order valence-electron chi connectivity index (χ3n) is 5.95. The molecule has 0 saturated carbocycles. The molecule has 180 valence electrons. The van der Waals surface area contributed by atoms with Gasteiger partial charge in [0.05, 0.1) is 13.2 Å². The Morgan fingerprint density at radius 2 is 1.74 bits per heavy atom. The van der Waals surface area contributed by atoms with Gasteiger partial charge in [0.1, 0.15) is 9.96 Å². The van der Waals surface area contributed by atoms with Gasteiger partial charge < -0.3 is 10.1 Å². The van der Waals surface area contributed by atoms with Gasteiger partial charge in [0.15, 0.2) is 0 Å². The van der Waals surface area contributed by atoms with Gasteiger partial charge in [0.25, 0.3) is 15.9 Å². The van der Waals surface area contributed by atoms with Gasteiger partial charge in [-0.05, 0) is 79.3 Å². The van der Waals surface area contributed by atoms with Gasteiger partial charge in [0.2, 0.25) is 0 Å². The smallest absolute Gasteiger partial charge is 0.271 e. The van der Waals surface area contributed by atoms with E-state index < -0.39 is 10.0 Å². The average molecular weight is 500 g/mol. The Balaban J connectivity index is 1.41. The van der Waals surface area contributed by atoms with E-state index in [0.29, 0.717) is 17.8 Å². The van der Waals surface area contributed by atoms with Crippen molar-refractivity contribution < 1.29 is 17.9 Å². The molecule has 1 unspecified atom stereocenters. The SMILES string of the molecule is COc1ccc(C(CNC(=O)c2ccc(NS(=O)(=O)c3cccs3)cc2)N2CCCCC2)cc1. The molecule has 2 aromatic carbocycles. The van der Waals surface area contributed by atoms with E-state index >= 15 is 0 Å². The summed E-state index contributed by atoms with van der Waals surface area (Å²) < 4.78 is 32.9. The van der Waals surface area contributed by atoms with Crippen LogP contribution in [0.15, 0.2) is 70.3 Å². The highest BCUT2D eigenvalue weighted by atomic mass is 32.2. The number of piperidine rings is 1. The van der Waals surface area contributed by atoms with Crippen LogP contribution in [-0.2, 0) is 10.0 Å². The number of ether oxygens (including phenoxy) is 1. The largest absolute Gasteiger partial charge is 0.497 e. The minimum Gasteiger partial charge on any atom is -0.497 e. The van der Waals surface area contributed by atoms with Crippen molar-refractivity contribution in [1.29, 1.82) is 0 Å². The maximum atomic E-state index is 12.9. The van der Waals surface area contributed by atoms with Crippen LogP contribution in [0.25, 0.3) is 0 Å². The number of amides is 1. The number of hydrogen-bond donors (Lipinski definition) is 2. The van der Waals surface area contributed by atoms with E-state index in [0.717, 1.165) is 48.6 Å². The predicted octanol–water partition coefficient (Wildman–Crippen LogP) is 4.51. The topological polar surface area (TPSA) is 87.7 Å². The summed E-state index contributed by atoms with van der Waals surface area (Å²) in [6.45, 7) is 2.50. The third kappa shape index (κ3) is 5.97. The van der Waals surface area contributed by atoms with E-state index in [9.17, 15) is 13.2 Å². The van der Waals surface area contributed by atoms with Crippen molar-refractivity contribution in [3.8, 4) is 5.75 Å². The first-order chi connectivity index (χ1) is 16.5. The zero-order valence-corrected chi connectivity index (χ0v) is 20.7. The summed E-state index contributed by atoms with van der Waals surface area (Å²) in [5, 5.41) is 4.78. The van der Waals surface area contributed by atoms with Crippen LogP contribution in [0, 0.1) is 0 Å². The number of anilines is 1. The molecule has 1 saturated heterocycles. The van der Waals surface area contributed by atoms with Crippen LogP contribution < -0.4 is 14.8 Å². The highest BCUT2D eigenvalue weighted by Gasteiger charge is 2.23. The molecule has 1 aliphatic rings. The molecular weight excluding hydrogens is 470 g/mol. The minimum atomic E-state index is -3.62. The van der Waals surface area contributed by atoms with Gasteiger partial charge in [-0.2, -0.15) is 0 Å². The Kier molecular flexibility index (Phi) is 7.87. The van der Waals surface area contributed by atoms with Crippen LogP contribution in [-0.4, -0.2) is 46.0 Å². The number of hydrogen-bond acceptors (Lipinski definition) is 6. The fourth-order valence-electron chi connectivity index (χ4n) is 4.12. The highest BCUT2D eigenvalue weighted by Crippen LogP contribution is 2.26. The van der Waals surface area contributed by atoms with Crippen molar-refractivity contribution in [2.75, 3.05) is 31.5 Å². The lowest BCUT2D eigenvalue weighted by Crippen LogP contribution is -2.40. The molecule has 0 bridgehead atoms. The van der Waals surface area contributed by atoms with Gasteiger partial charge in [-0.25, -0.2) is 8.42 Å². The summed E-state index contributed by atoms with van der Waals surface area (Å²) >= 11 is 1.15. The maximum absolute atomic E-state index is 12.9. The van der Waals surface area contributed by atoms with E-state index in [1.165, 1.54) is 6.42 Å². The van der Waals surface area contributed by atoms with Crippen molar-refractivity contribution in [2.24, 2.45) is 0 Å². The molecule has 2 heterocycles. The van der Waals surface area contributed by atoms with Crippen molar-refractivity contribution in [3.05, 3.63) is 77.2 Å². The van der Waals surface area contributed by atoms with Gasteiger partial charge >= 0.3 is 0 Å². The van der Waals surface area contributed by atoms with Crippen molar-refractivity contribution in [2.45, 2.75) is 29.5 Å². The van der Waals surface area contributed by atoms with E-state index in [-0.39, 0.29) is 16.2 Å². The number of rotatable bonds is 9. The predicted molar refractivity (Wildman–Crippen MR) is 135 cm³/mol. The number of methoxy groups -OCH3 is 1. The van der Waals surface area contributed by atoms with E-state index in [1.807, 2.05) is 12.1 Å². The summed E-state index contributed by atoms with van der Waals surface area (Å²) in [7, 11) is -1.97. The third-order valence-corrected chi connectivity index (χ3v) is 8.73. The molecule has 1 amide bonds. The molecule has 0 radical (unpaired) electrons. The van der Waals surface area contributed by atoms with Gasteiger partial charge in [0, 0.05) is 17.8 Å². The number of benzene rings is 2. The van der Waals surface area contributed by atoms with Crippen LogP contribution in [0.1, 0.15) is 41.2 Å². The second-order valence-corrected chi connectivity index (χ2v) is 11.1. The summed E-state index contributed by atoms with van der Waals surface area (Å²) in [6, 6.07) is 17.8. The molecule has 0 aliphatic carbocycles. The first-order valence-corrected chi connectivity index (χ1v) is 13.6. The molecular formula is C25H29N3O4S2. The maximum Gasteiger partial charge on any atom is 0.271 e. The molecule has 0 spiro atoms. The van der Waals surface area contributed by atoms with Crippen LogP contribution >= 0.6 is 11.3 Å². The summed E-state index contributed by atoms with van der Waals surface area (Å²) in [6.07, 6.45) is 3.55. The van der Waals surface area contributed by atoms with E-state index in [4.69, 9.17) is 4.74 Å². The lowest BCUT2D eigenvalue weighted by Gasteiger charge is -2.35. The standard InChI is InChI=1S/C25H29N3O4S2/c1-32-22-13-9-19(10-14-22)23(28-15-3-2-4-16-28)18-26-25(29)20-7-11-21(12-8-20)27-34(30,31)24-6-5-17-33-24/h5-14,17,23,27H,2-4,15-16,18H2,1H3,(H,26,29). The van der Waals surface area contributed by atoms with Crippen molar-refractivity contribution in [1.82, 2.24) is 10.2 Å². The fourth-order valence-corrected chi connectivity index (χ4v) is 6.17. The first kappa shape index (κ1) is 24.3. The Morgan fingerprint density at radius 3 is 2.35 bits per heavy atom. The van der Waals surface area contributed by atoms with Crippen molar-refractivity contribution in [3.63, 3.8) is 0 Å². The number of nitrogens with zero attached hydrogens (tertiary/aromatic N) is 1. The average Bonchev–Trinajstić information content (AvgIpc) is 3.42. The quantitative estimate of drug-likeness (QED) is 0.452. The van der Waals surface area contributed by atoms with Crippen LogP contribution in [0.2, 0.25) is 0 Å². The highest BCUT2D eigenvalue weighted by molar-refractivity contribution is 7.94. The molecule has 34 heavy (non-hydrogen) atoms. The van der Waals surface area contributed by atoms with Crippen LogP contribution in [0.4, 0.5) is 5.69 Å². The van der Waals surface area contributed by atoms with Crippen molar-refractivity contribution >= 4 is 33.0 Å². The Bertz CT molecular complexity index is 1170. The Morgan fingerprint density at radius 1 is 1.03 bits per heavy atom. The van der Waals surface area contributed by atoms with Gasteiger partial charge in [-0.3, -0.25) is 14.4 Å². The second-order valence-electron chi connectivity index (χ2n) is 8.21. The number of likely N-dealkylation sites (tertiary alicyclic amines) is 1. The Hall–Kier alpha value is -2.88. The zero-order chi connectivity index (χ0) is 24.0. The number of thiophene rings is 1. The fraction of sp³-hybridized carbons (Fsp3) is 0.320. The van der Waals surface area contributed by atoms with Crippen LogP contribution in [0.5, 0.6) is 5.75 Å². The molecule has 2 N–H and O–H groups in total. The zero-order valence-electron chi connectivity index (χ0n) is 19.1. The molecule has 3 aromatic rings. The molecule has 7 nitrogen and oxygen atoms in total. The summed E-state index contributed by atoms with van der Waals surface area (Å²) in [4.78, 5) is 15.3. The summed E-state index contributed by atoms with van der Waals surface area (Å²) in [5.41, 5.74) is 2.03. The lowest BCUT2D eigenvalue weighted by atomic mass is 10.0. The number of nitrogens with one attached hydrogen (secondary N) is 2. The molecule has 4 rings (SSSR count). The number of carbonyl (C=O) groups is 1. The van der Waals surface area contributed by atoms with E-state index in [2.05, 4.69) is 27.1 Å². The second kappa shape index (κ2) is 11.0. The molecule has 1 atom stereocenters. The van der Waals surface area contributed by atoms with Gasteiger partial charge in [-0.1, -0.05) is 24.6 Å². The monoisotopic (exact) mass is 499 g/mol. The number of sulfonamides is 1. The molecule has 1 aromatic heterocycles. The summed E-state index contributed by atoms with van der Waals surface area (Å²) in [5.74, 6) is 0.614.